The molecule has 0 N–H and O–H groups in total. The smallest absolute Gasteiger partial charge is 0.246 e. The minimum Gasteiger partial charge on any atom is -0.495 e. The van der Waals surface area contributed by atoms with E-state index < -0.39 is 16.1 Å². The van der Waals surface area contributed by atoms with E-state index in [0.717, 1.165) is 16.1 Å². The summed E-state index contributed by atoms with van der Waals surface area (Å²) in [5.74, 6) is 0.167. The highest BCUT2D eigenvalue weighted by Gasteiger charge is 2.34. The molecule has 24 heavy (non-hydrogen) atoms. The summed E-state index contributed by atoms with van der Waals surface area (Å²) in [6.45, 7) is 5.31. The van der Waals surface area contributed by atoms with Crippen LogP contribution in [-0.4, -0.2) is 64.9 Å². The van der Waals surface area contributed by atoms with Crippen molar-refractivity contribution in [1.82, 2.24) is 4.90 Å². The van der Waals surface area contributed by atoms with Gasteiger partial charge in [-0.15, -0.1) is 0 Å². The van der Waals surface area contributed by atoms with Gasteiger partial charge in [-0.3, -0.25) is 9.10 Å². The fourth-order valence-corrected chi connectivity index (χ4v) is 3.96. The molecular weight excluding hydrogens is 332 g/mol. The fraction of sp³-hybridized carbons (Fsp3) is 0.562. The molecule has 1 amide bonds. The van der Waals surface area contributed by atoms with Gasteiger partial charge in [0.1, 0.15) is 11.8 Å². The van der Waals surface area contributed by atoms with E-state index in [2.05, 4.69) is 0 Å². The molecule has 0 bridgehead atoms. The maximum absolute atomic E-state index is 12.8. The molecule has 8 heteroatoms. The van der Waals surface area contributed by atoms with Crippen LogP contribution in [-0.2, 0) is 19.6 Å². The molecule has 1 saturated heterocycles. The second-order valence-corrected chi connectivity index (χ2v) is 7.71. The number of aryl methyl sites for hydroxylation is 1. The van der Waals surface area contributed by atoms with Gasteiger partial charge < -0.3 is 14.4 Å². The van der Waals surface area contributed by atoms with E-state index in [4.69, 9.17) is 9.47 Å². The van der Waals surface area contributed by atoms with Crippen LogP contribution >= 0.6 is 0 Å². The van der Waals surface area contributed by atoms with Crippen molar-refractivity contribution in [2.75, 3.05) is 44.0 Å². The Hall–Kier alpha value is -1.80. The number of carbonyl (C=O) groups is 1. The zero-order valence-electron chi connectivity index (χ0n) is 14.5. The number of rotatable bonds is 5. The average Bonchev–Trinajstić information content (AvgIpc) is 2.54. The Balaban J connectivity index is 2.42. The van der Waals surface area contributed by atoms with Gasteiger partial charge in [0.2, 0.25) is 15.9 Å². The number of hydrogen-bond donors (Lipinski definition) is 0. The molecule has 1 aliphatic heterocycles. The summed E-state index contributed by atoms with van der Waals surface area (Å²) in [6.07, 6.45) is 1.10. The summed E-state index contributed by atoms with van der Waals surface area (Å²) < 4.78 is 36.5. The zero-order chi connectivity index (χ0) is 17.9. The quantitative estimate of drug-likeness (QED) is 0.787. The SMILES string of the molecule is COc1ccc(C)cc1N([C@H](C)C(=O)N1CCOCC1)S(C)(=O)=O. The Morgan fingerprint density at radius 3 is 2.50 bits per heavy atom. The van der Waals surface area contributed by atoms with Crippen molar-refractivity contribution in [2.24, 2.45) is 0 Å². The number of nitrogens with zero attached hydrogens (tertiary/aromatic N) is 2. The van der Waals surface area contributed by atoms with Crippen LogP contribution in [0.1, 0.15) is 12.5 Å². The summed E-state index contributed by atoms with van der Waals surface area (Å²) >= 11 is 0. The maximum atomic E-state index is 12.8. The molecule has 0 aliphatic carbocycles. The van der Waals surface area contributed by atoms with Crippen LogP contribution in [0.25, 0.3) is 0 Å². The molecule has 2 rings (SSSR count). The molecule has 7 nitrogen and oxygen atoms in total. The van der Waals surface area contributed by atoms with Crippen molar-refractivity contribution in [3.63, 3.8) is 0 Å². The van der Waals surface area contributed by atoms with Gasteiger partial charge in [0.25, 0.3) is 0 Å². The highest BCUT2D eigenvalue weighted by atomic mass is 32.2. The third-order valence-corrected chi connectivity index (χ3v) is 5.19. The minimum absolute atomic E-state index is 0.243. The van der Waals surface area contributed by atoms with Crippen LogP contribution in [0.5, 0.6) is 5.75 Å². The molecule has 1 aromatic carbocycles. The second kappa shape index (κ2) is 7.40. The van der Waals surface area contributed by atoms with Gasteiger partial charge in [0.15, 0.2) is 0 Å². The summed E-state index contributed by atoms with van der Waals surface area (Å²) in [7, 11) is -2.20. The van der Waals surface area contributed by atoms with Gasteiger partial charge in [-0.25, -0.2) is 8.42 Å². The van der Waals surface area contributed by atoms with E-state index in [1.54, 1.807) is 24.0 Å². The number of carbonyl (C=O) groups excluding carboxylic acids is 1. The molecule has 134 valence electrons. The molecule has 1 heterocycles. The lowest BCUT2D eigenvalue weighted by molar-refractivity contribution is -0.136. The van der Waals surface area contributed by atoms with Crippen LogP contribution in [0.15, 0.2) is 18.2 Å². The van der Waals surface area contributed by atoms with Crippen LogP contribution in [0.4, 0.5) is 5.69 Å². The molecule has 0 radical (unpaired) electrons. The van der Waals surface area contributed by atoms with Crippen LogP contribution in [0.2, 0.25) is 0 Å². The number of amides is 1. The largest absolute Gasteiger partial charge is 0.495 e. The Morgan fingerprint density at radius 2 is 1.96 bits per heavy atom. The molecule has 1 aromatic rings. The van der Waals surface area contributed by atoms with Crippen molar-refractivity contribution in [2.45, 2.75) is 19.9 Å². The number of hydrogen-bond acceptors (Lipinski definition) is 5. The summed E-state index contributed by atoms with van der Waals surface area (Å²) in [6, 6.07) is 4.38. The van der Waals surface area contributed by atoms with Gasteiger partial charge in [-0.1, -0.05) is 6.07 Å². The first kappa shape index (κ1) is 18.5. The van der Waals surface area contributed by atoms with E-state index in [1.807, 2.05) is 13.0 Å². The summed E-state index contributed by atoms with van der Waals surface area (Å²) in [4.78, 5) is 14.4. The summed E-state index contributed by atoms with van der Waals surface area (Å²) in [5, 5.41) is 0. The standard InChI is InChI=1S/C16H24N2O5S/c1-12-5-6-15(22-3)14(11-12)18(24(4,20)21)13(2)16(19)17-7-9-23-10-8-17/h5-6,11,13H,7-10H2,1-4H3/t13-/m1/s1. The Labute approximate surface area is 143 Å². The van der Waals surface area contributed by atoms with Crippen molar-refractivity contribution >= 4 is 21.6 Å². The van der Waals surface area contributed by atoms with Gasteiger partial charge in [0, 0.05) is 13.1 Å². The predicted molar refractivity (Wildman–Crippen MR) is 91.9 cm³/mol. The van der Waals surface area contributed by atoms with Crippen molar-refractivity contribution < 1.29 is 22.7 Å². The van der Waals surface area contributed by atoms with E-state index in [0.29, 0.717) is 37.7 Å². The maximum Gasteiger partial charge on any atom is 0.246 e. The first-order chi connectivity index (χ1) is 11.3. The Morgan fingerprint density at radius 1 is 1.33 bits per heavy atom. The van der Waals surface area contributed by atoms with Crippen molar-refractivity contribution in [3.05, 3.63) is 23.8 Å². The molecule has 1 fully saturated rings. The van der Waals surface area contributed by atoms with E-state index >= 15 is 0 Å². The molecule has 1 atom stereocenters. The monoisotopic (exact) mass is 356 g/mol. The van der Waals surface area contributed by atoms with Crippen LogP contribution in [0, 0.1) is 6.92 Å². The van der Waals surface area contributed by atoms with Crippen LogP contribution in [0.3, 0.4) is 0 Å². The summed E-state index contributed by atoms with van der Waals surface area (Å²) in [5.41, 5.74) is 1.25. The average molecular weight is 356 g/mol. The van der Waals surface area contributed by atoms with E-state index in [-0.39, 0.29) is 5.91 Å². The molecule has 0 saturated carbocycles. The molecule has 0 spiro atoms. The Bertz CT molecular complexity index is 698. The fourth-order valence-electron chi connectivity index (χ4n) is 2.80. The normalized spacial score (nSPS) is 16.6. The van der Waals surface area contributed by atoms with Crippen molar-refractivity contribution in [3.8, 4) is 5.75 Å². The van der Waals surface area contributed by atoms with E-state index in [1.165, 1.54) is 7.11 Å². The third-order valence-electron chi connectivity index (χ3n) is 3.96. The van der Waals surface area contributed by atoms with Crippen molar-refractivity contribution in [1.29, 1.82) is 0 Å². The molecule has 1 aliphatic rings. The number of anilines is 1. The van der Waals surface area contributed by atoms with Gasteiger partial charge in [-0.05, 0) is 31.5 Å². The van der Waals surface area contributed by atoms with Crippen LogP contribution < -0.4 is 9.04 Å². The molecule has 0 aromatic heterocycles. The third kappa shape index (κ3) is 3.99. The minimum atomic E-state index is -3.68. The van der Waals surface area contributed by atoms with Gasteiger partial charge in [-0.2, -0.15) is 0 Å². The number of ether oxygens (including phenoxy) is 2. The lowest BCUT2D eigenvalue weighted by Crippen LogP contribution is -2.52. The zero-order valence-corrected chi connectivity index (χ0v) is 15.3. The van der Waals surface area contributed by atoms with E-state index in [9.17, 15) is 13.2 Å². The van der Waals surface area contributed by atoms with Gasteiger partial charge >= 0.3 is 0 Å². The lowest BCUT2D eigenvalue weighted by atomic mass is 10.1. The highest BCUT2D eigenvalue weighted by Crippen LogP contribution is 2.33. The second-order valence-electron chi connectivity index (χ2n) is 5.85. The first-order valence-electron chi connectivity index (χ1n) is 7.76. The predicted octanol–water partition coefficient (Wildman–Crippen LogP) is 1.02. The first-order valence-corrected chi connectivity index (χ1v) is 9.61. The number of morpholine rings is 1. The lowest BCUT2D eigenvalue weighted by Gasteiger charge is -2.34. The highest BCUT2D eigenvalue weighted by molar-refractivity contribution is 7.92. The Kier molecular flexibility index (Phi) is 5.71. The molecular formula is C16H24N2O5S. The number of benzene rings is 1. The van der Waals surface area contributed by atoms with Gasteiger partial charge in [0.05, 0.1) is 32.3 Å². The topological polar surface area (TPSA) is 76.2 Å². The number of sulfonamides is 1. The molecule has 0 unspecified atom stereocenters. The number of methoxy groups -OCH3 is 1.